The van der Waals surface area contributed by atoms with Gasteiger partial charge in [0.2, 0.25) is 5.95 Å². The Morgan fingerprint density at radius 3 is 2.43 bits per heavy atom. The number of aliphatic hydroxyl groups excluding tert-OH is 2. The maximum absolute atomic E-state index is 12.2. The Morgan fingerprint density at radius 2 is 1.78 bits per heavy atom. The number of aromatic nitrogens is 4. The Bertz CT molecular complexity index is 1240. The predicted octanol–water partition coefficient (Wildman–Crippen LogP) is -0.813. The van der Waals surface area contributed by atoms with Gasteiger partial charge in [-0.15, -0.1) is 0 Å². The second-order valence-electron chi connectivity index (χ2n) is 8.47. The molecule has 2 aromatic heterocycles. The number of carbonyl (C=O) groups is 2. The summed E-state index contributed by atoms with van der Waals surface area (Å²) >= 11 is 0. The molecule has 0 aliphatic carbocycles. The van der Waals surface area contributed by atoms with Crippen molar-refractivity contribution < 1.29 is 29.6 Å². The van der Waals surface area contributed by atoms with Crippen LogP contribution in [0.4, 0.5) is 11.8 Å². The van der Waals surface area contributed by atoms with Crippen molar-refractivity contribution in [1.82, 2.24) is 24.8 Å². The molecule has 3 heterocycles. The van der Waals surface area contributed by atoms with Gasteiger partial charge in [0.05, 0.1) is 6.33 Å². The van der Waals surface area contributed by atoms with Gasteiger partial charge >= 0.3 is 35.5 Å². The van der Waals surface area contributed by atoms with Crippen LogP contribution in [-0.2, 0) is 27.2 Å². The number of carboxylic acid groups (broad SMARTS) is 1. The number of ether oxygens (including phenoxy) is 1. The first-order valence-corrected chi connectivity index (χ1v) is 11.6. The number of nitrogens with one attached hydrogen (secondary N) is 2. The molecule has 0 bridgehead atoms. The Morgan fingerprint density at radius 1 is 1.11 bits per heavy atom. The van der Waals surface area contributed by atoms with Crippen molar-refractivity contribution >= 4 is 64.4 Å². The number of amides is 1. The summed E-state index contributed by atoms with van der Waals surface area (Å²) in [7, 11) is 0. The number of rotatable bonds is 10. The molecule has 194 valence electrons. The van der Waals surface area contributed by atoms with E-state index in [9.17, 15) is 19.8 Å². The van der Waals surface area contributed by atoms with E-state index in [1.54, 1.807) is 6.92 Å². The number of benzene rings is 1. The number of nitrogens with two attached hydrogens (primary N) is 1. The molecule has 4 rings (SSSR count). The summed E-state index contributed by atoms with van der Waals surface area (Å²) in [5.41, 5.74) is 8.65. The molecule has 1 aliphatic rings. The van der Waals surface area contributed by atoms with Crippen molar-refractivity contribution in [3.8, 4) is 0 Å². The van der Waals surface area contributed by atoms with E-state index in [1.165, 1.54) is 10.9 Å². The molecule has 0 radical (unpaired) electrons. The molecular formula is C23H30N7NaO6. The van der Waals surface area contributed by atoms with Crippen molar-refractivity contribution in [2.45, 2.75) is 50.7 Å². The first-order valence-electron chi connectivity index (χ1n) is 11.6. The van der Waals surface area contributed by atoms with E-state index >= 15 is 0 Å². The Hall–Kier alpha value is -2.81. The zero-order valence-corrected chi connectivity index (χ0v) is 19.7. The number of carbonyl (C=O) groups excluding carboxylic acids is 1. The summed E-state index contributed by atoms with van der Waals surface area (Å²) in [5.74, 6) is -0.985. The summed E-state index contributed by atoms with van der Waals surface area (Å²) in [4.78, 5) is 35.8. The summed E-state index contributed by atoms with van der Waals surface area (Å²) in [6.07, 6.45) is -2.56. The quantitative estimate of drug-likeness (QED) is 0.182. The second-order valence-corrected chi connectivity index (χ2v) is 8.47. The third kappa shape index (κ3) is 6.55. The third-order valence-corrected chi connectivity index (χ3v) is 5.92. The molecule has 0 spiro atoms. The van der Waals surface area contributed by atoms with Crippen LogP contribution in [0.2, 0.25) is 0 Å². The summed E-state index contributed by atoms with van der Waals surface area (Å²) < 4.78 is 7.09. The van der Waals surface area contributed by atoms with E-state index in [0.717, 1.165) is 11.1 Å². The first-order chi connectivity index (χ1) is 17.3. The van der Waals surface area contributed by atoms with Crippen LogP contribution >= 0.6 is 0 Å². The van der Waals surface area contributed by atoms with E-state index in [2.05, 4.69) is 25.6 Å². The number of hydrogen-bond donors (Lipinski definition) is 6. The van der Waals surface area contributed by atoms with Crippen LogP contribution < -0.4 is 16.4 Å². The van der Waals surface area contributed by atoms with Gasteiger partial charge in [-0.25, -0.2) is 4.98 Å². The maximum atomic E-state index is 12.2. The van der Waals surface area contributed by atoms with Crippen molar-refractivity contribution in [2.24, 2.45) is 0 Å². The van der Waals surface area contributed by atoms with Gasteiger partial charge in [-0.05, 0) is 30.9 Å². The molecule has 0 saturated carbocycles. The first kappa shape index (κ1) is 28.8. The fourth-order valence-corrected chi connectivity index (χ4v) is 4.03. The molecule has 4 atom stereocenters. The SMILES string of the molecule is CCNC(=O)[C@H]1O[C@@H](n2cnc3c(N)nc(NCCc4ccc(CCC(=O)O)cc4)nc32)[C@H](O)[C@@H]1O.[NaH]. The molecular weight excluding hydrogens is 493 g/mol. The second kappa shape index (κ2) is 12.6. The molecule has 13 nitrogen and oxygen atoms in total. The molecule has 1 fully saturated rings. The number of aryl methyl sites for hydroxylation is 1. The average Bonchev–Trinajstić information content (AvgIpc) is 3.40. The number of hydrogen-bond acceptors (Lipinski definition) is 10. The number of aliphatic carboxylic acids is 1. The predicted molar refractivity (Wildman–Crippen MR) is 136 cm³/mol. The Balaban J connectivity index is 0.00000380. The van der Waals surface area contributed by atoms with Crippen molar-refractivity contribution in [3.63, 3.8) is 0 Å². The third-order valence-electron chi connectivity index (χ3n) is 5.92. The number of imidazole rings is 1. The molecule has 7 N–H and O–H groups in total. The van der Waals surface area contributed by atoms with Gasteiger partial charge in [-0.3, -0.25) is 14.2 Å². The van der Waals surface area contributed by atoms with Crippen molar-refractivity contribution in [1.29, 1.82) is 0 Å². The average molecular weight is 524 g/mol. The van der Waals surface area contributed by atoms with Crippen molar-refractivity contribution in [2.75, 3.05) is 24.1 Å². The number of aliphatic hydroxyl groups is 2. The number of nitrogens with zero attached hydrogens (tertiary/aromatic N) is 4. The minimum atomic E-state index is -1.42. The molecule has 1 aromatic carbocycles. The molecule has 1 aliphatic heterocycles. The van der Waals surface area contributed by atoms with Crippen LogP contribution in [0.1, 0.15) is 30.7 Å². The monoisotopic (exact) mass is 523 g/mol. The minimum absolute atomic E-state index is 0. The number of fused-ring (bicyclic) bond motifs is 1. The van der Waals surface area contributed by atoms with Crippen LogP contribution in [0, 0.1) is 0 Å². The van der Waals surface area contributed by atoms with Gasteiger partial charge in [0, 0.05) is 19.5 Å². The van der Waals surface area contributed by atoms with Crippen LogP contribution in [0.3, 0.4) is 0 Å². The van der Waals surface area contributed by atoms with Crippen LogP contribution in [0.15, 0.2) is 30.6 Å². The molecule has 3 aromatic rings. The number of anilines is 2. The molecule has 37 heavy (non-hydrogen) atoms. The summed E-state index contributed by atoms with van der Waals surface area (Å²) in [6.45, 7) is 2.59. The molecule has 1 amide bonds. The zero-order valence-electron chi connectivity index (χ0n) is 19.7. The van der Waals surface area contributed by atoms with Crippen LogP contribution in [0.25, 0.3) is 11.2 Å². The van der Waals surface area contributed by atoms with E-state index in [0.29, 0.717) is 31.4 Å². The normalized spacial score (nSPS) is 20.9. The van der Waals surface area contributed by atoms with E-state index < -0.39 is 36.4 Å². The van der Waals surface area contributed by atoms with E-state index in [-0.39, 0.29) is 53.4 Å². The topological polar surface area (TPSA) is 198 Å². The molecule has 1 saturated heterocycles. The summed E-state index contributed by atoms with van der Waals surface area (Å²) in [5, 5.41) is 35.4. The number of likely N-dealkylation sites (N-methyl/N-ethyl adjacent to an activating group) is 1. The standard InChI is InChI=1S/C23H29N7O6.Na.H/c1-2-25-21(35)18-16(33)17(34)22(36-18)30-11-27-15-19(24)28-23(29-20(15)30)26-10-9-13-5-3-12(4-6-13)7-8-14(31)32;;/h3-6,11,16-18,22,33-34H,2,7-10H2,1H3,(H,25,35)(H,31,32)(H3,24,26,28,29);;/t16-,17+,18-,22+;;/m0../s1. The Labute approximate surface area is 234 Å². The molecule has 14 heteroatoms. The fourth-order valence-electron chi connectivity index (χ4n) is 4.03. The van der Waals surface area contributed by atoms with Crippen LogP contribution in [0.5, 0.6) is 0 Å². The van der Waals surface area contributed by atoms with E-state index in [1.807, 2.05) is 24.3 Å². The van der Waals surface area contributed by atoms with Gasteiger partial charge < -0.3 is 36.4 Å². The Kier molecular flexibility index (Phi) is 9.81. The molecule has 0 unspecified atom stereocenters. The fraction of sp³-hybridized carbons (Fsp3) is 0.435. The summed E-state index contributed by atoms with van der Waals surface area (Å²) in [6, 6.07) is 7.71. The van der Waals surface area contributed by atoms with Gasteiger partial charge in [-0.2, -0.15) is 9.97 Å². The number of carboxylic acids is 1. The van der Waals surface area contributed by atoms with E-state index in [4.69, 9.17) is 15.6 Å². The van der Waals surface area contributed by atoms with Crippen LogP contribution in [-0.4, -0.2) is 108 Å². The van der Waals surface area contributed by atoms with Gasteiger partial charge in [0.25, 0.3) is 5.91 Å². The van der Waals surface area contributed by atoms with Crippen molar-refractivity contribution in [3.05, 3.63) is 41.7 Å². The van der Waals surface area contributed by atoms with Gasteiger partial charge in [0.15, 0.2) is 23.8 Å². The van der Waals surface area contributed by atoms with Gasteiger partial charge in [-0.1, -0.05) is 24.3 Å². The number of nitrogen functional groups attached to an aromatic ring is 1. The van der Waals surface area contributed by atoms with Gasteiger partial charge in [0.1, 0.15) is 17.7 Å². The zero-order chi connectivity index (χ0) is 25.8.